The van der Waals surface area contributed by atoms with Crippen LogP contribution >= 0.6 is 11.6 Å². The minimum atomic E-state index is -3.87. The molecule has 1 saturated heterocycles. The minimum absolute atomic E-state index is 0.141. The van der Waals surface area contributed by atoms with Crippen LogP contribution in [-0.4, -0.2) is 30.2 Å². The molecule has 8 heteroatoms. The van der Waals surface area contributed by atoms with Crippen molar-refractivity contribution in [1.29, 1.82) is 0 Å². The molecule has 2 rings (SSSR count). The summed E-state index contributed by atoms with van der Waals surface area (Å²) < 4.78 is 26.6. The maximum Gasteiger partial charge on any atom is 0.290 e. The van der Waals surface area contributed by atoms with Gasteiger partial charge >= 0.3 is 0 Å². The number of rotatable bonds is 3. The first kappa shape index (κ1) is 15.2. The zero-order chi connectivity index (χ0) is 14.9. The molecule has 0 amide bonds. The minimum Gasteiger partial charge on any atom is -0.258 e. The second kappa shape index (κ2) is 5.67. The first-order valence-electron chi connectivity index (χ1n) is 6.30. The average molecular weight is 319 g/mol. The molecule has 110 valence electrons. The van der Waals surface area contributed by atoms with Gasteiger partial charge in [-0.2, -0.15) is 4.31 Å². The monoisotopic (exact) mass is 318 g/mol. The summed E-state index contributed by atoms with van der Waals surface area (Å²) in [6.07, 6.45) is 2.50. The zero-order valence-corrected chi connectivity index (χ0v) is 12.5. The van der Waals surface area contributed by atoms with Crippen LogP contribution in [-0.2, 0) is 10.0 Å². The van der Waals surface area contributed by atoms with Crippen molar-refractivity contribution in [3.05, 3.63) is 33.3 Å². The molecule has 0 aliphatic carbocycles. The van der Waals surface area contributed by atoms with Crippen LogP contribution in [0.25, 0.3) is 0 Å². The summed E-state index contributed by atoms with van der Waals surface area (Å²) in [5, 5.41) is 11.2. The maximum atomic E-state index is 12.6. The molecule has 0 radical (unpaired) electrons. The molecule has 20 heavy (non-hydrogen) atoms. The van der Waals surface area contributed by atoms with Crippen molar-refractivity contribution in [2.24, 2.45) is 0 Å². The second-order valence-corrected chi connectivity index (χ2v) is 7.13. The summed E-state index contributed by atoms with van der Waals surface area (Å²) in [5.41, 5.74) is -0.477. The van der Waals surface area contributed by atoms with Crippen LogP contribution in [0.1, 0.15) is 26.2 Å². The molecule has 1 atom stereocenters. The lowest BCUT2D eigenvalue weighted by Gasteiger charge is -2.32. The third-order valence-corrected chi connectivity index (χ3v) is 5.74. The molecule has 1 fully saturated rings. The Morgan fingerprint density at radius 1 is 1.40 bits per heavy atom. The van der Waals surface area contributed by atoms with Crippen molar-refractivity contribution in [3.63, 3.8) is 0 Å². The molecule has 6 nitrogen and oxygen atoms in total. The lowest BCUT2D eigenvalue weighted by Crippen LogP contribution is -2.42. The van der Waals surface area contributed by atoms with E-state index < -0.39 is 20.6 Å². The quantitative estimate of drug-likeness (QED) is 0.634. The van der Waals surface area contributed by atoms with E-state index in [4.69, 9.17) is 11.6 Å². The van der Waals surface area contributed by atoms with E-state index in [0.29, 0.717) is 6.54 Å². The topological polar surface area (TPSA) is 80.5 Å². The molecule has 0 bridgehead atoms. The van der Waals surface area contributed by atoms with E-state index in [2.05, 4.69) is 0 Å². The van der Waals surface area contributed by atoms with Crippen LogP contribution in [0.4, 0.5) is 5.69 Å². The molecular formula is C12H15ClN2O4S. The van der Waals surface area contributed by atoms with Crippen molar-refractivity contribution in [2.75, 3.05) is 6.54 Å². The summed E-state index contributed by atoms with van der Waals surface area (Å²) in [5.74, 6) is 0. The number of nitro groups is 1. The zero-order valence-electron chi connectivity index (χ0n) is 11.0. The number of hydrogen-bond acceptors (Lipinski definition) is 4. The fourth-order valence-corrected chi connectivity index (χ4v) is 4.41. The first-order chi connectivity index (χ1) is 9.34. The van der Waals surface area contributed by atoms with Gasteiger partial charge in [-0.3, -0.25) is 10.1 Å². The van der Waals surface area contributed by atoms with Crippen LogP contribution in [0.15, 0.2) is 23.1 Å². The number of piperidine rings is 1. The molecule has 1 aliphatic rings. The molecule has 1 aromatic carbocycles. The number of hydrogen-bond donors (Lipinski definition) is 0. The Morgan fingerprint density at radius 2 is 2.10 bits per heavy atom. The van der Waals surface area contributed by atoms with Gasteiger partial charge in [0.1, 0.15) is 0 Å². The van der Waals surface area contributed by atoms with Gasteiger partial charge in [-0.1, -0.05) is 18.0 Å². The van der Waals surface area contributed by atoms with E-state index in [0.717, 1.165) is 25.3 Å². The molecule has 1 aromatic rings. The maximum absolute atomic E-state index is 12.6. The Kier molecular flexibility index (Phi) is 4.31. The first-order valence-corrected chi connectivity index (χ1v) is 8.11. The fraction of sp³-hybridized carbons (Fsp3) is 0.500. The second-order valence-electron chi connectivity index (χ2n) is 4.83. The van der Waals surface area contributed by atoms with Crippen LogP contribution in [0.5, 0.6) is 0 Å². The van der Waals surface area contributed by atoms with Crippen molar-refractivity contribution >= 4 is 27.3 Å². The van der Waals surface area contributed by atoms with E-state index >= 15 is 0 Å². The van der Waals surface area contributed by atoms with Gasteiger partial charge in [-0.15, -0.1) is 0 Å². The molecule has 0 saturated carbocycles. The van der Waals surface area contributed by atoms with Gasteiger partial charge in [-0.25, -0.2) is 8.42 Å². The van der Waals surface area contributed by atoms with Crippen molar-refractivity contribution < 1.29 is 13.3 Å². The van der Waals surface area contributed by atoms with Crippen molar-refractivity contribution in [2.45, 2.75) is 37.1 Å². The van der Waals surface area contributed by atoms with Crippen LogP contribution in [0.2, 0.25) is 5.02 Å². The third-order valence-electron chi connectivity index (χ3n) is 3.45. The molecule has 1 heterocycles. The number of sulfonamides is 1. The molecule has 0 aromatic heterocycles. The van der Waals surface area contributed by atoms with Crippen molar-refractivity contribution in [3.8, 4) is 0 Å². The summed E-state index contributed by atoms with van der Waals surface area (Å²) in [4.78, 5) is 10.0. The van der Waals surface area contributed by atoms with Gasteiger partial charge in [0, 0.05) is 23.7 Å². The standard InChI is InChI=1S/C12H15ClN2O4S/c1-9-4-2-3-7-14(9)20(18,19)12-6-5-10(13)8-11(12)15(16)17/h5-6,8-9H,2-4,7H2,1H3. The highest BCUT2D eigenvalue weighted by molar-refractivity contribution is 7.89. The molecule has 0 spiro atoms. The van der Waals surface area contributed by atoms with E-state index in [1.54, 1.807) is 0 Å². The summed E-state index contributed by atoms with van der Waals surface area (Å²) in [6.45, 7) is 2.21. The normalized spacial score (nSPS) is 20.8. The smallest absolute Gasteiger partial charge is 0.258 e. The van der Waals surface area contributed by atoms with Crippen LogP contribution in [0, 0.1) is 10.1 Å². The third kappa shape index (κ3) is 2.79. The fourth-order valence-electron chi connectivity index (χ4n) is 2.41. The van der Waals surface area contributed by atoms with Crippen LogP contribution in [0.3, 0.4) is 0 Å². The molecule has 1 aliphatic heterocycles. The largest absolute Gasteiger partial charge is 0.290 e. The van der Waals surface area contributed by atoms with Gasteiger partial charge in [0.2, 0.25) is 10.0 Å². The van der Waals surface area contributed by atoms with Gasteiger partial charge < -0.3 is 0 Å². The number of halogens is 1. The van der Waals surface area contributed by atoms with Gasteiger partial charge in [0.25, 0.3) is 5.69 Å². The summed E-state index contributed by atoms with van der Waals surface area (Å²) >= 11 is 5.71. The Balaban J connectivity index is 2.51. The molecule has 1 unspecified atom stereocenters. The highest BCUT2D eigenvalue weighted by atomic mass is 35.5. The van der Waals surface area contributed by atoms with E-state index in [1.807, 2.05) is 6.92 Å². The Labute approximate surface area is 122 Å². The number of nitrogens with zero attached hydrogens (tertiary/aromatic N) is 2. The Hall–Kier alpha value is -1.18. The summed E-state index contributed by atoms with van der Waals surface area (Å²) in [6, 6.07) is 3.49. The number of nitro benzene ring substituents is 1. The average Bonchev–Trinajstić information content (AvgIpc) is 2.38. The lowest BCUT2D eigenvalue weighted by atomic mass is 10.1. The SMILES string of the molecule is CC1CCCCN1S(=O)(=O)c1ccc(Cl)cc1[N+](=O)[O-]. The Bertz CT molecular complexity index is 632. The van der Waals surface area contributed by atoms with Crippen molar-refractivity contribution in [1.82, 2.24) is 4.31 Å². The highest BCUT2D eigenvalue weighted by Crippen LogP contribution is 2.32. The molecule has 0 N–H and O–H groups in total. The summed E-state index contributed by atoms with van der Waals surface area (Å²) in [7, 11) is -3.87. The lowest BCUT2D eigenvalue weighted by molar-refractivity contribution is -0.387. The Morgan fingerprint density at radius 3 is 2.70 bits per heavy atom. The predicted molar refractivity (Wildman–Crippen MR) is 75.3 cm³/mol. The van der Waals surface area contributed by atoms with E-state index in [1.165, 1.54) is 16.4 Å². The van der Waals surface area contributed by atoms with Gasteiger partial charge in [-0.05, 0) is 31.9 Å². The molecular weight excluding hydrogens is 304 g/mol. The van der Waals surface area contributed by atoms with Gasteiger partial charge in [0.05, 0.1) is 4.92 Å². The number of benzene rings is 1. The predicted octanol–water partition coefficient (Wildman–Crippen LogP) is 2.81. The van der Waals surface area contributed by atoms with E-state index in [9.17, 15) is 18.5 Å². The van der Waals surface area contributed by atoms with E-state index in [-0.39, 0.29) is 16.0 Å². The van der Waals surface area contributed by atoms with Crippen LogP contribution < -0.4 is 0 Å². The highest BCUT2D eigenvalue weighted by Gasteiger charge is 2.35. The van der Waals surface area contributed by atoms with Gasteiger partial charge in [0.15, 0.2) is 4.90 Å².